The number of hydrogen-bond acceptors (Lipinski definition) is 1. The van der Waals surface area contributed by atoms with Gasteiger partial charge in [-0.25, -0.2) is 4.98 Å². The Morgan fingerprint density at radius 2 is 2.00 bits per heavy atom. The highest BCUT2D eigenvalue weighted by molar-refractivity contribution is 4.73. The summed E-state index contributed by atoms with van der Waals surface area (Å²) in [4.78, 5) is 4.03. The van der Waals surface area contributed by atoms with Crippen molar-refractivity contribution in [2.45, 2.75) is 52.5 Å². The molecule has 0 bridgehead atoms. The molecule has 0 amide bonds. The van der Waals surface area contributed by atoms with Gasteiger partial charge in [-0.05, 0) is 12.3 Å². The zero-order chi connectivity index (χ0) is 10.2. The van der Waals surface area contributed by atoms with Gasteiger partial charge in [-0.15, -0.1) is 0 Å². The average molecular weight is 194 g/mol. The van der Waals surface area contributed by atoms with E-state index in [-0.39, 0.29) is 0 Å². The maximum Gasteiger partial charge on any atom is 0.0945 e. The van der Waals surface area contributed by atoms with Crippen LogP contribution in [-0.2, 0) is 6.54 Å². The smallest absolute Gasteiger partial charge is 0.0945 e. The van der Waals surface area contributed by atoms with Gasteiger partial charge >= 0.3 is 0 Å². The maximum atomic E-state index is 4.03. The third kappa shape index (κ3) is 3.95. The Balaban J connectivity index is 2.04. The van der Waals surface area contributed by atoms with Crippen molar-refractivity contribution in [2.75, 3.05) is 0 Å². The van der Waals surface area contributed by atoms with Crippen molar-refractivity contribution in [3.05, 3.63) is 18.7 Å². The van der Waals surface area contributed by atoms with Gasteiger partial charge in [-0.1, -0.05) is 39.5 Å². The lowest BCUT2D eigenvalue weighted by Gasteiger charge is -2.11. The Labute approximate surface area is 87.4 Å². The quantitative estimate of drug-likeness (QED) is 0.607. The molecule has 14 heavy (non-hydrogen) atoms. The van der Waals surface area contributed by atoms with Crippen LogP contribution in [0.4, 0.5) is 0 Å². The average Bonchev–Trinajstić information content (AvgIpc) is 2.71. The first-order chi connectivity index (χ1) is 6.86. The van der Waals surface area contributed by atoms with Gasteiger partial charge in [0, 0.05) is 18.9 Å². The summed E-state index contributed by atoms with van der Waals surface area (Å²) in [5.41, 5.74) is 0. The minimum absolute atomic E-state index is 0.942. The summed E-state index contributed by atoms with van der Waals surface area (Å²) in [6.07, 6.45) is 12.5. The Morgan fingerprint density at radius 3 is 2.57 bits per heavy atom. The Hall–Kier alpha value is -0.790. The number of hydrogen-bond donors (Lipinski definition) is 0. The predicted molar refractivity (Wildman–Crippen MR) is 60.2 cm³/mol. The molecule has 2 heteroatoms. The van der Waals surface area contributed by atoms with Gasteiger partial charge in [0.1, 0.15) is 0 Å². The highest BCUT2D eigenvalue weighted by Gasteiger charge is 2.02. The molecule has 0 atom stereocenters. The van der Waals surface area contributed by atoms with Crippen LogP contribution in [0, 0.1) is 5.92 Å². The lowest BCUT2D eigenvalue weighted by Crippen LogP contribution is -1.99. The van der Waals surface area contributed by atoms with Crippen molar-refractivity contribution < 1.29 is 0 Å². The number of aromatic nitrogens is 2. The highest BCUT2D eigenvalue weighted by Crippen LogP contribution is 2.15. The van der Waals surface area contributed by atoms with Gasteiger partial charge in [-0.2, -0.15) is 0 Å². The largest absolute Gasteiger partial charge is 0.337 e. The molecular weight excluding hydrogens is 172 g/mol. The van der Waals surface area contributed by atoms with E-state index in [1.54, 1.807) is 0 Å². The summed E-state index contributed by atoms with van der Waals surface area (Å²) >= 11 is 0. The fourth-order valence-corrected chi connectivity index (χ4v) is 1.84. The van der Waals surface area contributed by atoms with Crippen molar-refractivity contribution >= 4 is 0 Å². The normalized spacial score (nSPS) is 11.1. The van der Waals surface area contributed by atoms with E-state index in [1.165, 1.54) is 32.1 Å². The van der Waals surface area contributed by atoms with E-state index in [0.717, 1.165) is 12.5 Å². The van der Waals surface area contributed by atoms with E-state index in [0.29, 0.717) is 0 Å². The minimum atomic E-state index is 0.942. The molecule has 0 unspecified atom stereocenters. The molecule has 80 valence electrons. The number of unbranched alkanes of at least 4 members (excludes halogenated alkanes) is 1. The fraction of sp³-hybridized carbons (Fsp3) is 0.750. The molecule has 2 nitrogen and oxygen atoms in total. The van der Waals surface area contributed by atoms with Gasteiger partial charge in [0.25, 0.3) is 0 Å². The minimum Gasteiger partial charge on any atom is -0.337 e. The van der Waals surface area contributed by atoms with Crippen molar-refractivity contribution in [3.63, 3.8) is 0 Å². The van der Waals surface area contributed by atoms with Gasteiger partial charge in [0.05, 0.1) is 6.33 Å². The van der Waals surface area contributed by atoms with Crippen LogP contribution in [-0.4, -0.2) is 9.55 Å². The Morgan fingerprint density at radius 1 is 1.21 bits per heavy atom. The van der Waals surface area contributed by atoms with E-state index in [9.17, 15) is 0 Å². The summed E-state index contributed by atoms with van der Waals surface area (Å²) in [6, 6.07) is 0. The molecule has 0 aliphatic heterocycles. The molecular formula is C12H22N2. The van der Waals surface area contributed by atoms with Crippen LogP contribution < -0.4 is 0 Å². The van der Waals surface area contributed by atoms with Gasteiger partial charge in [0.15, 0.2) is 0 Å². The first-order valence-corrected chi connectivity index (χ1v) is 5.82. The summed E-state index contributed by atoms with van der Waals surface area (Å²) < 4.78 is 2.16. The first-order valence-electron chi connectivity index (χ1n) is 5.82. The van der Waals surface area contributed by atoms with Crippen LogP contribution in [0.5, 0.6) is 0 Å². The molecule has 0 aliphatic carbocycles. The van der Waals surface area contributed by atoms with Crippen LogP contribution >= 0.6 is 0 Å². The summed E-state index contributed by atoms with van der Waals surface area (Å²) in [6.45, 7) is 5.72. The predicted octanol–water partition coefficient (Wildman–Crippen LogP) is 3.49. The van der Waals surface area contributed by atoms with E-state index >= 15 is 0 Å². The summed E-state index contributed by atoms with van der Waals surface area (Å²) in [5, 5.41) is 0. The monoisotopic (exact) mass is 194 g/mol. The van der Waals surface area contributed by atoms with Crippen LogP contribution in [0.25, 0.3) is 0 Å². The summed E-state index contributed by atoms with van der Waals surface area (Å²) in [7, 11) is 0. The van der Waals surface area contributed by atoms with Gasteiger partial charge in [-0.3, -0.25) is 0 Å². The lowest BCUT2D eigenvalue weighted by atomic mass is 9.97. The van der Waals surface area contributed by atoms with Gasteiger partial charge in [0.2, 0.25) is 0 Å². The molecule has 1 aromatic heterocycles. The molecule has 0 aromatic carbocycles. The van der Waals surface area contributed by atoms with Crippen LogP contribution in [0.3, 0.4) is 0 Å². The number of nitrogens with zero attached hydrogens (tertiary/aromatic N) is 2. The van der Waals surface area contributed by atoms with Crippen molar-refractivity contribution in [1.82, 2.24) is 9.55 Å². The molecule has 0 N–H and O–H groups in total. The second kappa shape index (κ2) is 6.63. The van der Waals surface area contributed by atoms with Crippen LogP contribution in [0.15, 0.2) is 18.7 Å². The van der Waals surface area contributed by atoms with Crippen LogP contribution in [0.1, 0.15) is 46.0 Å². The zero-order valence-electron chi connectivity index (χ0n) is 9.45. The molecule has 0 radical (unpaired) electrons. The Kier molecular flexibility index (Phi) is 5.35. The molecule has 0 fully saturated rings. The topological polar surface area (TPSA) is 17.8 Å². The first kappa shape index (κ1) is 11.3. The third-order valence-corrected chi connectivity index (χ3v) is 2.99. The van der Waals surface area contributed by atoms with E-state index in [4.69, 9.17) is 0 Å². The SMILES string of the molecule is CCC(CC)CCCCn1ccnc1. The highest BCUT2D eigenvalue weighted by atomic mass is 15.0. The molecule has 1 rings (SSSR count). The van der Waals surface area contributed by atoms with E-state index in [1.807, 2.05) is 18.7 Å². The molecule has 0 aliphatic rings. The molecule has 0 saturated heterocycles. The second-order valence-corrected chi connectivity index (χ2v) is 3.98. The van der Waals surface area contributed by atoms with E-state index in [2.05, 4.69) is 23.4 Å². The number of aryl methyl sites for hydroxylation is 1. The van der Waals surface area contributed by atoms with Crippen LogP contribution in [0.2, 0.25) is 0 Å². The van der Waals surface area contributed by atoms with Gasteiger partial charge < -0.3 is 4.57 Å². The molecule has 0 spiro atoms. The summed E-state index contributed by atoms with van der Waals surface area (Å²) in [5.74, 6) is 0.942. The third-order valence-electron chi connectivity index (χ3n) is 2.99. The second-order valence-electron chi connectivity index (χ2n) is 3.98. The Bertz CT molecular complexity index is 212. The maximum absolute atomic E-state index is 4.03. The van der Waals surface area contributed by atoms with Crippen molar-refractivity contribution in [3.8, 4) is 0 Å². The van der Waals surface area contributed by atoms with Crippen molar-refractivity contribution in [1.29, 1.82) is 0 Å². The van der Waals surface area contributed by atoms with Crippen molar-refractivity contribution in [2.24, 2.45) is 5.92 Å². The molecule has 1 aromatic rings. The zero-order valence-corrected chi connectivity index (χ0v) is 9.45. The lowest BCUT2D eigenvalue weighted by molar-refractivity contribution is 0.424. The van der Waals surface area contributed by atoms with E-state index < -0.39 is 0 Å². The molecule has 0 saturated carbocycles. The number of imidazole rings is 1. The number of rotatable bonds is 7. The molecule has 1 heterocycles. The fourth-order valence-electron chi connectivity index (χ4n) is 1.84. The standard InChI is InChI=1S/C12H22N2/c1-3-12(4-2)7-5-6-9-14-10-8-13-11-14/h8,10-12H,3-7,9H2,1-2H3.